The topological polar surface area (TPSA) is 132 Å². The average Bonchev–Trinajstić information content (AvgIpc) is 2.70. The highest BCUT2D eigenvalue weighted by Crippen LogP contribution is 2.34. The summed E-state index contributed by atoms with van der Waals surface area (Å²) in [5.41, 5.74) is 1.90. The Balaban J connectivity index is 2.29. The van der Waals surface area contributed by atoms with Gasteiger partial charge in [0.15, 0.2) is 0 Å². The lowest BCUT2D eigenvalue weighted by Crippen LogP contribution is -2.17. The zero-order valence-corrected chi connectivity index (χ0v) is 18.2. The van der Waals surface area contributed by atoms with E-state index in [1.54, 1.807) is 20.0 Å². The molecule has 0 bridgehead atoms. The molecule has 9 nitrogen and oxygen atoms in total. The third-order valence-electron chi connectivity index (χ3n) is 5.24. The van der Waals surface area contributed by atoms with Gasteiger partial charge >= 0.3 is 0 Å². The molecule has 0 radical (unpaired) electrons. The Kier molecular flexibility index (Phi) is 6.14. The van der Waals surface area contributed by atoms with Crippen molar-refractivity contribution < 1.29 is 17.9 Å². The number of non-ortho nitro benzene ring substituents is 1. The summed E-state index contributed by atoms with van der Waals surface area (Å²) < 4.78 is 35.0. The summed E-state index contributed by atoms with van der Waals surface area (Å²) in [5, 5.41) is 14.8. The highest BCUT2D eigenvalue weighted by molar-refractivity contribution is 7.85. The molecule has 0 spiro atoms. The number of anilines is 2. The second kappa shape index (κ2) is 8.48. The number of aryl methyl sites for hydroxylation is 2. The third-order valence-corrected chi connectivity index (χ3v) is 6.18. The first-order chi connectivity index (χ1) is 14.5. The van der Waals surface area contributed by atoms with Crippen molar-refractivity contribution in [2.75, 3.05) is 5.32 Å². The Morgan fingerprint density at radius 3 is 2.52 bits per heavy atom. The van der Waals surface area contributed by atoms with Crippen molar-refractivity contribution in [3.63, 3.8) is 0 Å². The lowest BCUT2D eigenvalue weighted by Gasteiger charge is -2.19. The van der Waals surface area contributed by atoms with Crippen LogP contribution >= 0.6 is 0 Å². The Morgan fingerprint density at radius 1 is 1.19 bits per heavy atom. The van der Waals surface area contributed by atoms with Gasteiger partial charge in [-0.25, -0.2) is 0 Å². The molecule has 0 saturated carbocycles. The Labute approximate surface area is 179 Å². The van der Waals surface area contributed by atoms with Crippen molar-refractivity contribution in [1.29, 1.82) is 0 Å². The van der Waals surface area contributed by atoms with Gasteiger partial charge in [0.1, 0.15) is 0 Å². The number of nitrogens with one attached hydrogen (secondary N) is 1. The molecular weight excluding hydrogens is 422 g/mol. The van der Waals surface area contributed by atoms with Crippen molar-refractivity contribution >= 4 is 38.1 Å². The van der Waals surface area contributed by atoms with E-state index in [0.717, 1.165) is 6.42 Å². The molecule has 0 aliphatic rings. The number of nitro groups is 1. The summed E-state index contributed by atoms with van der Waals surface area (Å²) in [5.74, 6) is 0. The lowest BCUT2D eigenvalue weighted by molar-refractivity contribution is -0.384. The van der Waals surface area contributed by atoms with Gasteiger partial charge in [-0.05, 0) is 43.0 Å². The van der Waals surface area contributed by atoms with Gasteiger partial charge in [0.25, 0.3) is 21.4 Å². The number of fused-ring (bicyclic) bond motifs is 1. The van der Waals surface area contributed by atoms with E-state index in [1.165, 1.54) is 34.9 Å². The van der Waals surface area contributed by atoms with Crippen LogP contribution in [-0.4, -0.2) is 22.5 Å². The van der Waals surface area contributed by atoms with Gasteiger partial charge in [-0.15, -0.1) is 0 Å². The Hall–Kier alpha value is -3.24. The van der Waals surface area contributed by atoms with Crippen LogP contribution in [0.3, 0.4) is 0 Å². The molecule has 0 amide bonds. The van der Waals surface area contributed by atoms with Crippen LogP contribution in [0.1, 0.15) is 30.9 Å². The zero-order valence-electron chi connectivity index (χ0n) is 17.4. The molecule has 0 saturated heterocycles. The fourth-order valence-corrected chi connectivity index (χ4v) is 4.32. The number of hydrogen-bond donors (Lipinski definition) is 2. The molecule has 1 heterocycles. The highest BCUT2D eigenvalue weighted by atomic mass is 32.2. The van der Waals surface area contributed by atoms with E-state index < -0.39 is 15.0 Å². The number of rotatable bonds is 7. The van der Waals surface area contributed by atoms with Gasteiger partial charge in [-0.2, -0.15) is 8.42 Å². The molecule has 1 aromatic heterocycles. The number of unbranched alkanes of at least 4 members (excludes halogenated alkanes) is 1. The highest BCUT2D eigenvalue weighted by Gasteiger charge is 2.21. The number of aromatic nitrogens is 1. The lowest BCUT2D eigenvalue weighted by atomic mass is 10.0. The van der Waals surface area contributed by atoms with Crippen molar-refractivity contribution in [2.45, 2.75) is 38.0 Å². The molecule has 0 unspecified atom stereocenters. The minimum atomic E-state index is -4.47. The van der Waals surface area contributed by atoms with Gasteiger partial charge in [0.2, 0.25) is 0 Å². The number of benzene rings is 2. The van der Waals surface area contributed by atoms with Crippen LogP contribution in [0, 0.1) is 17.0 Å². The van der Waals surface area contributed by atoms with Crippen LogP contribution in [0.5, 0.6) is 0 Å². The van der Waals surface area contributed by atoms with E-state index in [1.807, 2.05) is 6.92 Å². The Morgan fingerprint density at radius 2 is 1.90 bits per heavy atom. The molecule has 0 fully saturated rings. The first-order valence-corrected chi connectivity index (χ1v) is 11.1. The molecule has 0 aliphatic heterocycles. The molecular formula is C21H23N3O6S. The van der Waals surface area contributed by atoms with E-state index in [4.69, 9.17) is 0 Å². The maximum absolute atomic E-state index is 12.5. The van der Waals surface area contributed by atoms with Gasteiger partial charge in [-0.3, -0.25) is 19.5 Å². The number of nitro benzene ring substituents is 1. The molecule has 0 atom stereocenters. The van der Waals surface area contributed by atoms with Gasteiger partial charge < -0.3 is 9.88 Å². The predicted octanol–water partition coefficient (Wildman–Crippen LogP) is 4.09. The minimum Gasteiger partial charge on any atom is -0.354 e. The largest absolute Gasteiger partial charge is 0.354 e. The van der Waals surface area contributed by atoms with E-state index in [9.17, 15) is 27.9 Å². The predicted molar refractivity (Wildman–Crippen MR) is 119 cm³/mol. The second-order valence-corrected chi connectivity index (χ2v) is 8.74. The normalized spacial score (nSPS) is 11.6. The van der Waals surface area contributed by atoms with Crippen molar-refractivity contribution in [1.82, 2.24) is 4.57 Å². The first kappa shape index (κ1) is 22.4. The first-order valence-electron chi connectivity index (χ1n) is 9.69. The minimum absolute atomic E-state index is 0.135. The number of nitrogens with zero attached hydrogens (tertiary/aromatic N) is 2. The summed E-state index contributed by atoms with van der Waals surface area (Å²) in [6.07, 6.45) is 1.88. The molecule has 164 valence electrons. The number of pyridine rings is 1. The van der Waals surface area contributed by atoms with E-state index >= 15 is 0 Å². The molecule has 10 heteroatoms. The summed E-state index contributed by atoms with van der Waals surface area (Å²) >= 11 is 0. The second-order valence-electron chi connectivity index (χ2n) is 7.35. The zero-order chi connectivity index (χ0) is 22.9. The van der Waals surface area contributed by atoms with Crippen LogP contribution in [0.4, 0.5) is 17.1 Å². The average molecular weight is 445 g/mol. The van der Waals surface area contributed by atoms with Crippen LogP contribution < -0.4 is 10.9 Å². The van der Waals surface area contributed by atoms with Crippen LogP contribution in [0.2, 0.25) is 0 Å². The van der Waals surface area contributed by atoms with E-state index in [2.05, 4.69) is 5.32 Å². The van der Waals surface area contributed by atoms with E-state index in [-0.39, 0.29) is 16.1 Å². The summed E-state index contributed by atoms with van der Waals surface area (Å²) in [6, 6.07) is 8.42. The summed E-state index contributed by atoms with van der Waals surface area (Å²) in [6.45, 7) is 3.74. The SMILES string of the molecule is CCCCc1c(S(=O)(=O)O)ccc(C)c1Nc1cc(=O)n(C)c2ccc([N+](=O)[O-])cc12. The van der Waals surface area contributed by atoms with Gasteiger partial charge in [-0.1, -0.05) is 19.4 Å². The quantitative estimate of drug-likeness (QED) is 0.318. The summed E-state index contributed by atoms with van der Waals surface area (Å²) in [7, 11) is -2.90. The van der Waals surface area contributed by atoms with Crippen molar-refractivity contribution in [3.05, 3.63) is 68.0 Å². The van der Waals surface area contributed by atoms with Crippen molar-refractivity contribution in [2.24, 2.45) is 7.05 Å². The maximum atomic E-state index is 12.5. The third kappa shape index (κ3) is 4.44. The molecule has 31 heavy (non-hydrogen) atoms. The Bertz CT molecular complexity index is 1350. The fraction of sp³-hybridized carbons (Fsp3) is 0.286. The monoisotopic (exact) mass is 445 g/mol. The molecule has 0 aliphatic carbocycles. The van der Waals surface area contributed by atoms with Crippen LogP contribution in [0.15, 0.2) is 46.1 Å². The van der Waals surface area contributed by atoms with E-state index in [0.29, 0.717) is 46.2 Å². The smallest absolute Gasteiger partial charge is 0.294 e. The standard InChI is InChI=1S/C21H23N3O6S/c1-4-5-6-15-19(31(28,29)30)10-7-13(2)21(15)22-17-12-20(25)23(3)18-9-8-14(24(26)27)11-16(17)18/h7-12,22H,4-6H2,1-3H3,(H,28,29,30). The van der Waals surface area contributed by atoms with Crippen molar-refractivity contribution in [3.8, 4) is 0 Å². The van der Waals surface area contributed by atoms with Crippen LogP contribution in [-0.2, 0) is 23.6 Å². The summed E-state index contributed by atoms with van der Waals surface area (Å²) in [4.78, 5) is 23.0. The molecule has 2 N–H and O–H groups in total. The fourth-order valence-electron chi connectivity index (χ4n) is 3.56. The molecule has 3 rings (SSSR count). The molecule has 2 aromatic carbocycles. The maximum Gasteiger partial charge on any atom is 0.294 e. The number of hydrogen-bond acceptors (Lipinski definition) is 6. The van der Waals surface area contributed by atoms with Gasteiger partial charge in [0.05, 0.1) is 21.0 Å². The van der Waals surface area contributed by atoms with Crippen LogP contribution in [0.25, 0.3) is 10.9 Å². The molecule has 3 aromatic rings. The van der Waals surface area contributed by atoms with Gasteiger partial charge in [0, 0.05) is 36.3 Å².